The summed E-state index contributed by atoms with van der Waals surface area (Å²) in [5.74, 6) is -2.40. The van der Waals surface area contributed by atoms with Crippen molar-refractivity contribution >= 4 is 29.1 Å². The first-order chi connectivity index (χ1) is 10.8. The molecule has 3 heterocycles. The molecule has 4 unspecified atom stereocenters. The highest BCUT2D eigenvalue weighted by Crippen LogP contribution is 2.47. The number of anilines is 1. The molecular formula is C15H9ClF3NO3. The third-order valence-corrected chi connectivity index (χ3v) is 4.75. The molecule has 2 bridgehead atoms. The molecule has 23 heavy (non-hydrogen) atoms. The number of benzene rings is 1. The van der Waals surface area contributed by atoms with Crippen molar-refractivity contribution in [2.24, 2.45) is 11.8 Å². The van der Waals surface area contributed by atoms with Crippen LogP contribution < -0.4 is 4.90 Å². The van der Waals surface area contributed by atoms with Crippen LogP contribution in [0.4, 0.5) is 18.9 Å². The van der Waals surface area contributed by atoms with Crippen LogP contribution in [0.25, 0.3) is 0 Å². The van der Waals surface area contributed by atoms with E-state index in [0.29, 0.717) is 0 Å². The molecule has 0 aromatic heterocycles. The molecule has 0 aliphatic carbocycles. The molecule has 4 rings (SSSR count). The molecule has 0 saturated carbocycles. The molecule has 120 valence electrons. The maximum absolute atomic E-state index is 13.0. The Bertz CT molecular complexity index is 731. The molecule has 4 atom stereocenters. The van der Waals surface area contributed by atoms with Crippen LogP contribution in [0.1, 0.15) is 5.56 Å². The average Bonchev–Trinajstić information content (AvgIpc) is 3.13. The Morgan fingerprint density at radius 2 is 1.61 bits per heavy atom. The molecular weight excluding hydrogens is 335 g/mol. The minimum absolute atomic E-state index is 0.120. The van der Waals surface area contributed by atoms with Crippen LogP contribution in [-0.2, 0) is 20.5 Å². The van der Waals surface area contributed by atoms with Gasteiger partial charge in [0.05, 0.1) is 40.3 Å². The highest BCUT2D eigenvalue weighted by atomic mass is 35.5. The number of hydrogen-bond acceptors (Lipinski definition) is 3. The lowest BCUT2D eigenvalue weighted by atomic mass is 9.85. The number of alkyl halides is 3. The number of carbonyl (C=O) groups excluding carboxylic acids is 2. The van der Waals surface area contributed by atoms with Gasteiger partial charge in [-0.3, -0.25) is 9.59 Å². The molecule has 0 radical (unpaired) electrons. The van der Waals surface area contributed by atoms with Crippen molar-refractivity contribution in [1.29, 1.82) is 0 Å². The molecule has 3 aliphatic heterocycles. The van der Waals surface area contributed by atoms with E-state index in [2.05, 4.69) is 0 Å². The maximum Gasteiger partial charge on any atom is 0.417 e. The predicted octanol–water partition coefficient (Wildman–Crippen LogP) is 2.80. The van der Waals surface area contributed by atoms with Gasteiger partial charge in [0, 0.05) is 0 Å². The Morgan fingerprint density at radius 3 is 2.13 bits per heavy atom. The largest absolute Gasteiger partial charge is 0.417 e. The first-order valence-electron chi connectivity index (χ1n) is 6.87. The quantitative estimate of drug-likeness (QED) is 0.582. The number of carbonyl (C=O) groups is 2. The second kappa shape index (κ2) is 4.58. The van der Waals surface area contributed by atoms with Gasteiger partial charge >= 0.3 is 6.18 Å². The van der Waals surface area contributed by atoms with Crippen molar-refractivity contribution < 1.29 is 27.5 Å². The first kappa shape index (κ1) is 14.7. The molecule has 2 saturated heterocycles. The number of rotatable bonds is 1. The lowest BCUT2D eigenvalue weighted by Crippen LogP contribution is -2.34. The minimum atomic E-state index is -4.67. The van der Waals surface area contributed by atoms with Crippen LogP contribution in [0.2, 0.25) is 5.02 Å². The summed E-state index contributed by atoms with van der Waals surface area (Å²) in [7, 11) is 0. The highest BCUT2D eigenvalue weighted by molar-refractivity contribution is 6.31. The second-order valence-electron chi connectivity index (χ2n) is 5.68. The monoisotopic (exact) mass is 343 g/mol. The van der Waals surface area contributed by atoms with Crippen molar-refractivity contribution in [2.75, 3.05) is 4.90 Å². The van der Waals surface area contributed by atoms with E-state index in [1.807, 2.05) is 0 Å². The summed E-state index contributed by atoms with van der Waals surface area (Å²) in [5.41, 5.74) is -1.20. The zero-order chi connectivity index (χ0) is 16.5. The Balaban J connectivity index is 1.75. The summed E-state index contributed by atoms with van der Waals surface area (Å²) >= 11 is 5.57. The zero-order valence-corrected chi connectivity index (χ0v) is 12.1. The Hall–Kier alpha value is -1.86. The molecule has 1 aromatic rings. The standard InChI is InChI=1S/C15H9ClF3NO3/c16-8-2-1-6(5-7(8)15(17,18)19)20-13(21)11-9-3-4-10(23-9)12(11)14(20)22/h1-5,9-12H. The Kier molecular flexibility index (Phi) is 2.93. The molecule has 0 N–H and O–H groups in total. The summed E-state index contributed by atoms with van der Waals surface area (Å²) < 4.78 is 44.4. The van der Waals surface area contributed by atoms with E-state index in [1.54, 1.807) is 12.2 Å². The lowest BCUT2D eigenvalue weighted by Gasteiger charge is -2.19. The molecule has 0 spiro atoms. The fourth-order valence-electron chi connectivity index (χ4n) is 3.43. The fraction of sp³-hybridized carbons (Fsp3) is 0.333. The van der Waals surface area contributed by atoms with E-state index >= 15 is 0 Å². The fourth-order valence-corrected chi connectivity index (χ4v) is 3.65. The Labute approximate surface area is 133 Å². The van der Waals surface area contributed by atoms with Crippen LogP contribution >= 0.6 is 11.6 Å². The molecule has 4 nitrogen and oxygen atoms in total. The van der Waals surface area contributed by atoms with E-state index in [-0.39, 0.29) is 5.69 Å². The van der Waals surface area contributed by atoms with Gasteiger partial charge < -0.3 is 4.74 Å². The van der Waals surface area contributed by atoms with Crippen LogP contribution in [0.15, 0.2) is 30.4 Å². The van der Waals surface area contributed by atoms with Crippen molar-refractivity contribution in [3.05, 3.63) is 40.9 Å². The smallest absolute Gasteiger partial charge is 0.365 e. The second-order valence-corrected chi connectivity index (χ2v) is 6.08. The average molecular weight is 344 g/mol. The van der Waals surface area contributed by atoms with Gasteiger partial charge in [-0.2, -0.15) is 13.2 Å². The summed E-state index contributed by atoms with van der Waals surface area (Å²) in [5, 5.41) is -0.481. The number of amides is 2. The molecule has 2 fully saturated rings. The van der Waals surface area contributed by atoms with Crippen LogP contribution in [-0.4, -0.2) is 24.0 Å². The number of imide groups is 1. The van der Waals surface area contributed by atoms with Gasteiger partial charge in [-0.05, 0) is 18.2 Å². The van der Waals surface area contributed by atoms with Crippen molar-refractivity contribution in [1.82, 2.24) is 0 Å². The Morgan fingerprint density at radius 1 is 1.04 bits per heavy atom. The molecule has 1 aromatic carbocycles. The SMILES string of the molecule is O=C1C2C3C=CC(O3)C2C(=O)N1c1ccc(Cl)c(C(F)(F)F)c1. The third kappa shape index (κ3) is 1.96. The van der Waals surface area contributed by atoms with Crippen molar-refractivity contribution in [3.8, 4) is 0 Å². The van der Waals surface area contributed by atoms with Gasteiger partial charge in [0.25, 0.3) is 0 Å². The third-order valence-electron chi connectivity index (χ3n) is 4.42. The van der Waals surface area contributed by atoms with E-state index in [0.717, 1.165) is 17.0 Å². The van der Waals surface area contributed by atoms with Crippen LogP contribution in [0.5, 0.6) is 0 Å². The van der Waals surface area contributed by atoms with Gasteiger partial charge in [-0.15, -0.1) is 0 Å². The van der Waals surface area contributed by atoms with Gasteiger partial charge in [0.15, 0.2) is 0 Å². The zero-order valence-electron chi connectivity index (χ0n) is 11.4. The minimum Gasteiger partial charge on any atom is -0.365 e. The van der Waals surface area contributed by atoms with Gasteiger partial charge in [-0.1, -0.05) is 23.8 Å². The number of halogens is 4. The highest BCUT2D eigenvalue weighted by Gasteiger charge is 2.61. The number of ether oxygens (including phenoxy) is 1. The van der Waals surface area contributed by atoms with E-state index in [1.165, 1.54) is 6.07 Å². The summed E-state index contributed by atoms with van der Waals surface area (Å²) in [6, 6.07) is 3.01. The van der Waals surface area contributed by atoms with Crippen LogP contribution in [0, 0.1) is 11.8 Å². The van der Waals surface area contributed by atoms with Crippen molar-refractivity contribution in [2.45, 2.75) is 18.4 Å². The molecule has 3 aliphatic rings. The van der Waals surface area contributed by atoms with Gasteiger partial charge in [-0.25, -0.2) is 4.90 Å². The molecule has 8 heteroatoms. The van der Waals surface area contributed by atoms with Gasteiger partial charge in [0.1, 0.15) is 0 Å². The van der Waals surface area contributed by atoms with Crippen molar-refractivity contribution in [3.63, 3.8) is 0 Å². The summed E-state index contributed by atoms with van der Waals surface area (Å²) in [4.78, 5) is 25.8. The normalized spacial score (nSPS) is 32.1. The predicted molar refractivity (Wildman–Crippen MR) is 73.7 cm³/mol. The lowest BCUT2D eigenvalue weighted by molar-refractivity contribution is -0.137. The number of hydrogen-bond donors (Lipinski definition) is 0. The van der Waals surface area contributed by atoms with E-state index < -0.39 is 52.6 Å². The first-order valence-corrected chi connectivity index (χ1v) is 7.25. The number of nitrogens with zero attached hydrogens (tertiary/aromatic N) is 1. The topological polar surface area (TPSA) is 46.6 Å². The van der Waals surface area contributed by atoms with Gasteiger partial charge in [0.2, 0.25) is 11.8 Å². The molecule has 2 amide bonds. The summed E-state index contributed by atoms with van der Waals surface area (Å²) in [6.45, 7) is 0. The number of fused-ring (bicyclic) bond motifs is 5. The maximum atomic E-state index is 13.0. The van der Waals surface area contributed by atoms with E-state index in [9.17, 15) is 22.8 Å². The van der Waals surface area contributed by atoms with Crippen LogP contribution in [0.3, 0.4) is 0 Å². The summed E-state index contributed by atoms with van der Waals surface area (Å²) in [6.07, 6.45) is -2.22. The van der Waals surface area contributed by atoms with E-state index in [4.69, 9.17) is 16.3 Å².